The van der Waals surface area contributed by atoms with Crippen molar-refractivity contribution in [2.45, 2.75) is 19.4 Å². The number of hydrogen-bond acceptors (Lipinski definition) is 3. The van der Waals surface area contributed by atoms with Crippen LogP contribution in [0.5, 0.6) is 0 Å². The molecule has 2 aromatic rings. The second-order valence-electron chi connectivity index (χ2n) is 4.97. The standard InChI is InChI=1S/C16H17N3O2/c1-10(2)9-13(15(17)20)19-16(21)12-7-3-5-11-6-4-8-18-14(11)12/h3-8,13H,1,9H2,2H3,(H2,17,20)(H,19,21)/t13-/m0/s1. The number of amides is 2. The molecule has 21 heavy (non-hydrogen) atoms. The Kier molecular flexibility index (Phi) is 4.33. The fourth-order valence-electron chi connectivity index (χ4n) is 2.09. The van der Waals surface area contributed by atoms with Crippen molar-refractivity contribution in [3.8, 4) is 0 Å². The summed E-state index contributed by atoms with van der Waals surface area (Å²) in [6, 6.07) is 8.23. The molecule has 2 rings (SSSR count). The van der Waals surface area contributed by atoms with Crippen LogP contribution in [0.25, 0.3) is 10.9 Å². The lowest BCUT2D eigenvalue weighted by Gasteiger charge is -2.16. The van der Waals surface area contributed by atoms with Crippen molar-refractivity contribution in [1.82, 2.24) is 10.3 Å². The van der Waals surface area contributed by atoms with Crippen molar-refractivity contribution in [2.75, 3.05) is 0 Å². The van der Waals surface area contributed by atoms with Gasteiger partial charge in [-0.1, -0.05) is 23.8 Å². The van der Waals surface area contributed by atoms with Crippen LogP contribution in [0.4, 0.5) is 0 Å². The van der Waals surface area contributed by atoms with Crippen molar-refractivity contribution in [1.29, 1.82) is 0 Å². The number of pyridine rings is 1. The molecule has 0 spiro atoms. The molecule has 1 atom stereocenters. The third kappa shape index (κ3) is 3.45. The Balaban J connectivity index is 2.29. The monoisotopic (exact) mass is 283 g/mol. The van der Waals surface area contributed by atoms with Crippen LogP contribution in [0.2, 0.25) is 0 Å². The van der Waals surface area contributed by atoms with E-state index >= 15 is 0 Å². The summed E-state index contributed by atoms with van der Waals surface area (Å²) in [6.45, 7) is 5.52. The van der Waals surface area contributed by atoms with Gasteiger partial charge in [-0.2, -0.15) is 0 Å². The fourth-order valence-corrected chi connectivity index (χ4v) is 2.09. The SMILES string of the molecule is C=C(C)C[C@H](NC(=O)c1cccc2cccnc12)C(N)=O. The predicted molar refractivity (Wildman–Crippen MR) is 81.6 cm³/mol. The van der Waals surface area contributed by atoms with E-state index < -0.39 is 11.9 Å². The van der Waals surface area contributed by atoms with Gasteiger partial charge in [-0.3, -0.25) is 14.6 Å². The number of fused-ring (bicyclic) bond motifs is 1. The lowest BCUT2D eigenvalue weighted by Crippen LogP contribution is -2.44. The largest absolute Gasteiger partial charge is 0.368 e. The van der Waals surface area contributed by atoms with E-state index in [2.05, 4.69) is 16.9 Å². The molecule has 2 amide bonds. The normalized spacial score (nSPS) is 11.9. The zero-order valence-corrected chi connectivity index (χ0v) is 11.8. The Labute approximate surface area is 122 Å². The van der Waals surface area contributed by atoms with Gasteiger partial charge in [-0.15, -0.1) is 6.58 Å². The van der Waals surface area contributed by atoms with E-state index in [-0.39, 0.29) is 5.91 Å². The second kappa shape index (κ2) is 6.17. The summed E-state index contributed by atoms with van der Waals surface area (Å²) in [6.07, 6.45) is 1.94. The number of para-hydroxylation sites is 1. The number of nitrogens with one attached hydrogen (secondary N) is 1. The first kappa shape index (κ1) is 14.7. The first-order chi connectivity index (χ1) is 9.99. The van der Waals surface area contributed by atoms with Gasteiger partial charge in [-0.25, -0.2) is 0 Å². The van der Waals surface area contributed by atoms with E-state index in [1.165, 1.54) is 0 Å². The summed E-state index contributed by atoms with van der Waals surface area (Å²) in [5, 5.41) is 3.50. The quantitative estimate of drug-likeness (QED) is 0.820. The number of primary amides is 1. The van der Waals surface area contributed by atoms with E-state index in [1.807, 2.05) is 12.1 Å². The number of carbonyl (C=O) groups excluding carboxylic acids is 2. The highest BCUT2D eigenvalue weighted by Gasteiger charge is 2.20. The van der Waals surface area contributed by atoms with Gasteiger partial charge in [-0.05, 0) is 25.5 Å². The molecule has 0 radical (unpaired) electrons. The predicted octanol–water partition coefficient (Wildman–Crippen LogP) is 1.78. The van der Waals surface area contributed by atoms with Crippen molar-refractivity contribution >= 4 is 22.7 Å². The van der Waals surface area contributed by atoms with Crippen LogP contribution in [-0.4, -0.2) is 22.8 Å². The number of carbonyl (C=O) groups is 2. The Morgan fingerprint density at radius 2 is 2.05 bits per heavy atom. The Morgan fingerprint density at radius 1 is 1.33 bits per heavy atom. The minimum absolute atomic E-state index is 0.319. The van der Waals surface area contributed by atoms with Crippen LogP contribution in [0.1, 0.15) is 23.7 Å². The van der Waals surface area contributed by atoms with Gasteiger partial charge in [0.15, 0.2) is 0 Å². The number of hydrogen-bond donors (Lipinski definition) is 2. The summed E-state index contributed by atoms with van der Waals surface area (Å²) in [5.74, 6) is -0.955. The summed E-state index contributed by atoms with van der Waals surface area (Å²) < 4.78 is 0. The number of rotatable bonds is 5. The van der Waals surface area contributed by atoms with Crippen molar-refractivity contribution in [3.63, 3.8) is 0 Å². The molecular formula is C16H17N3O2. The van der Waals surface area contributed by atoms with Crippen molar-refractivity contribution in [3.05, 3.63) is 54.2 Å². The highest BCUT2D eigenvalue weighted by atomic mass is 16.2. The molecule has 0 aliphatic rings. The van der Waals surface area contributed by atoms with Gasteiger partial charge in [0.1, 0.15) is 6.04 Å². The van der Waals surface area contributed by atoms with Crippen molar-refractivity contribution in [2.24, 2.45) is 5.73 Å². The molecule has 1 heterocycles. The fraction of sp³-hybridized carbons (Fsp3) is 0.188. The molecule has 0 saturated heterocycles. The second-order valence-corrected chi connectivity index (χ2v) is 4.97. The molecule has 1 aromatic heterocycles. The van der Waals surface area contributed by atoms with Gasteiger partial charge in [0.2, 0.25) is 5.91 Å². The summed E-state index contributed by atoms with van der Waals surface area (Å²) >= 11 is 0. The molecule has 0 unspecified atom stereocenters. The van der Waals surface area contributed by atoms with Crippen LogP contribution < -0.4 is 11.1 Å². The Morgan fingerprint density at radius 3 is 2.71 bits per heavy atom. The molecule has 108 valence electrons. The first-order valence-electron chi connectivity index (χ1n) is 6.57. The molecule has 5 heteroatoms. The van der Waals surface area contributed by atoms with Crippen LogP contribution >= 0.6 is 0 Å². The van der Waals surface area contributed by atoms with Gasteiger partial charge < -0.3 is 11.1 Å². The maximum atomic E-state index is 12.4. The minimum Gasteiger partial charge on any atom is -0.368 e. The van der Waals surface area contributed by atoms with Gasteiger partial charge >= 0.3 is 0 Å². The molecule has 1 aromatic carbocycles. The van der Waals surface area contributed by atoms with E-state index in [9.17, 15) is 9.59 Å². The zero-order chi connectivity index (χ0) is 15.4. The van der Waals surface area contributed by atoms with Crippen molar-refractivity contribution < 1.29 is 9.59 Å². The average molecular weight is 283 g/mol. The van der Waals surface area contributed by atoms with E-state index in [0.29, 0.717) is 17.5 Å². The lowest BCUT2D eigenvalue weighted by atomic mass is 10.1. The highest BCUT2D eigenvalue weighted by molar-refractivity contribution is 6.06. The minimum atomic E-state index is -0.769. The van der Waals surface area contributed by atoms with E-state index in [0.717, 1.165) is 11.0 Å². The van der Waals surface area contributed by atoms with Crippen LogP contribution in [0.15, 0.2) is 48.7 Å². The number of nitrogens with two attached hydrogens (primary N) is 1. The summed E-state index contributed by atoms with van der Waals surface area (Å²) in [5.41, 5.74) is 7.10. The average Bonchev–Trinajstić information content (AvgIpc) is 2.45. The molecule has 0 saturated carbocycles. The third-order valence-electron chi connectivity index (χ3n) is 3.08. The molecule has 5 nitrogen and oxygen atoms in total. The van der Waals surface area contributed by atoms with E-state index in [4.69, 9.17) is 5.73 Å². The number of aromatic nitrogens is 1. The lowest BCUT2D eigenvalue weighted by molar-refractivity contribution is -0.119. The van der Waals surface area contributed by atoms with Crippen LogP contribution in [0.3, 0.4) is 0 Å². The highest BCUT2D eigenvalue weighted by Crippen LogP contribution is 2.16. The zero-order valence-electron chi connectivity index (χ0n) is 11.8. The maximum absolute atomic E-state index is 12.4. The Bertz CT molecular complexity index is 704. The Hall–Kier alpha value is -2.69. The molecule has 0 bridgehead atoms. The number of benzene rings is 1. The molecule has 3 N–H and O–H groups in total. The van der Waals surface area contributed by atoms with E-state index in [1.54, 1.807) is 31.3 Å². The number of nitrogens with zero attached hydrogens (tertiary/aromatic N) is 1. The van der Waals surface area contributed by atoms with Gasteiger partial charge in [0, 0.05) is 11.6 Å². The molecular weight excluding hydrogens is 266 g/mol. The summed E-state index contributed by atoms with van der Waals surface area (Å²) in [4.78, 5) is 28.0. The topological polar surface area (TPSA) is 85.1 Å². The maximum Gasteiger partial charge on any atom is 0.254 e. The van der Waals surface area contributed by atoms with Gasteiger partial charge in [0.25, 0.3) is 5.91 Å². The van der Waals surface area contributed by atoms with Crippen LogP contribution in [0, 0.1) is 0 Å². The first-order valence-corrected chi connectivity index (χ1v) is 6.57. The molecule has 0 aliphatic carbocycles. The van der Waals surface area contributed by atoms with Gasteiger partial charge in [0.05, 0.1) is 11.1 Å². The molecule has 0 fully saturated rings. The summed E-state index contributed by atoms with van der Waals surface area (Å²) in [7, 11) is 0. The smallest absolute Gasteiger partial charge is 0.254 e. The molecule has 0 aliphatic heterocycles. The van der Waals surface area contributed by atoms with Crippen LogP contribution in [-0.2, 0) is 4.79 Å². The third-order valence-corrected chi connectivity index (χ3v) is 3.08.